The van der Waals surface area contributed by atoms with Crippen molar-refractivity contribution < 1.29 is 4.79 Å². The SMILES string of the molecule is CCCNc1nnc(C(=O)NCc2ccc(CC)s2)s1. The quantitative estimate of drug-likeness (QED) is 0.825. The summed E-state index contributed by atoms with van der Waals surface area (Å²) < 4.78 is 0. The first-order chi connectivity index (χ1) is 9.72. The number of rotatable bonds is 7. The normalized spacial score (nSPS) is 10.5. The average Bonchev–Trinajstić information content (AvgIpc) is 3.11. The van der Waals surface area contributed by atoms with Crippen molar-refractivity contribution in [3.05, 3.63) is 26.9 Å². The van der Waals surface area contributed by atoms with Crippen LogP contribution >= 0.6 is 22.7 Å². The summed E-state index contributed by atoms with van der Waals surface area (Å²) in [5, 5.41) is 14.9. The first kappa shape index (κ1) is 14.9. The van der Waals surface area contributed by atoms with Crippen LogP contribution in [0.4, 0.5) is 5.13 Å². The van der Waals surface area contributed by atoms with Gasteiger partial charge < -0.3 is 10.6 Å². The third kappa shape index (κ3) is 4.01. The first-order valence-corrected chi connectivity index (χ1v) is 8.29. The fourth-order valence-corrected chi connectivity index (χ4v) is 3.15. The number of hydrogen-bond acceptors (Lipinski definition) is 6. The summed E-state index contributed by atoms with van der Waals surface area (Å²) in [4.78, 5) is 14.4. The van der Waals surface area contributed by atoms with Crippen molar-refractivity contribution in [2.24, 2.45) is 0 Å². The number of anilines is 1. The zero-order valence-corrected chi connectivity index (χ0v) is 13.2. The van der Waals surface area contributed by atoms with Crippen molar-refractivity contribution in [3.8, 4) is 0 Å². The summed E-state index contributed by atoms with van der Waals surface area (Å²) in [6, 6.07) is 4.15. The zero-order valence-electron chi connectivity index (χ0n) is 11.6. The molecule has 2 heterocycles. The van der Waals surface area contributed by atoms with Crippen LogP contribution in [0.1, 0.15) is 39.8 Å². The van der Waals surface area contributed by atoms with Crippen LogP contribution in [0.5, 0.6) is 0 Å². The number of thiophene rings is 1. The maximum atomic E-state index is 12.0. The van der Waals surface area contributed by atoms with E-state index in [2.05, 4.69) is 46.8 Å². The second kappa shape index (κ2) is 7.35. The third-order valence-electron chi connectivity index (χ3n) is 2.63. The lowest BCUT2D eigenvalue weighted by Gasteiger charge is -1.99. The molecule has 0 fully saturated rings. The number of carbonyl (C=O) groups is 1. The Morgan fingerprint density at radius 2 is 2.00 bits per heavy atom. The zero-order chi connectivity index (χ0) is 14.4. The monoisotopic (exact) mass is 310 g/mol. The van der Waals surface area contributed by atoms with Gasteiger partial charge in [0.2, 0.25) is 10.1 Å². The molecule has 20 heavy (non-hydrogen) atoms. The molecule has 0 aliphatic rings. The first-order valence-electron chi connectivity index (χ1n) is 6.66. The molecule has 0 aromatic carbocycles. The van der Waals surface area contributed by atoms with Gasteiger partial charge in [-0.25, -0.2) is 0 Å². The Balaban J connectivity index is 1.86. The fraction of sp³-hybridized carbons (Fsp3) is 0.462. The number of nitrogens with zero attached hydrogens (tertiary/aromatic N) is 2. The molecule has 1 amide bonds. The van der Waals surface area contributed by atoms with E-state index in [1.54, 1.807) is 11.3 Å². The Morgan fingerprint density at radius 1 is 1.20 bits per heavy atom. The summed E-state index contributed by atoms with van der Waals surface area (Å²) >= 11 is 3.01. The van der Waals surface area contributed by atoms with Gasteiger partial charge in [0, 0.05) is 16.3 Å². The van der Waals surface area contributed by atoms with E-state index >= 15 is 0 Å². The van der Waals surface area contributed by atoms with E-state index in [0.29, 0.717) is 16.7 Å². The molecule has 0 aliphatic heterocycles. The predicted molar refractivity (Wildman–Crippen MR) is 83.6 cm³/mol. The number of aromatic nitrogens is 2. The number of nitrogens with one attached hydrogen (secondary N) is 2. The smallest absolute Gasteiger partial charge is 0.282 e. The molecule has 0 aliphatic carbocycles. The highest BCUT2D eigenvalue weighted by atomic mass is 32.1. The van der Waals surface area contributed by atoms with Gasteiger partial charge in [-0.1, -0.05) is 25.2 Å². The third-order valence-corrected chi connectivity index (χ3v) is 4.74. The molecular weight excluding hydrogens is 292 g/mol. The summed E-state index contributed by atoms with van der Waals surface area (Å²) in [5.41, 5.74) is 0. The van der Waals surface area contributed by atoms with Crippen LogP contribution in [-0.4, -0.2) is 22.6 Å². The standard InChI is InChI=1S/C13H18N4OS2/c1-3-7-14-13-17-16-12(20-13)11(18)15-8-10-6-5-9(4-2)19-10/h5-6H,3-4,7-8H2,1-2H3,(H,14,17)(H,15,18). The highest BCUT2D eigenvalue weighted by molar-refractivity contribution is 7.17. The second-order valence-electron chi connectivity index (χ2n) is 4.24. The highest BCUT2D eigenvalue weighted by Gasteiger charge is 2.12. The van der Waals surface area contributed by atoms with Gasteiger partial charge >= 0.3 is 0 Å². The molecule has 0 atom stereocenters. The molecule has 2 N–H and O–H groups in total. The van der Waals surface area contributed by atoms with E-state index in [1.807, 2.05) is 0 Å². The van der Waals surface area contributed by atoms with Gasteiger partial charge in [0.15, 0.2) is 0 Å². The summed E-state index contributed by atoms with van der Waals surface area (Å²) in [6.45, 7) is 5.58. The van der Waals surface area contributed by atoms with Crippen molar-refractivity contribution in [1.82, 2.24) is 15.5 Å². The van der Waals surface area contributed by atoms with Gasteiger partial charge in [-0.3, -0.25) is 4.79 Å². The fourth-order valence-electron chi connectivity index (χ4n) is 1.57. The van der Waals surface area contributed by atoms with Crippen LogP contribution in [0.2, 0.25) is 0 Å². The minimum atomic E-state index is -0.168. The summed E-state index contributed by atoms with van der Waals surface area (Å²) in [6.07, 6.45) is 2.04. The van der Waals surface area contributed by atoms with Crippen molar-refractivity contribution in [2.75, 3.05) is 11.9 Å². The Kier molecular flexibility index (Phi) is 5.49. The molecule has 108 valence electrons. The van der Waals surface area contributed by atoms with Crippen molar-refractivity contribution in [2.45, 2.75) is 33.2 Å². The molecule has 0 saturated carbocycles. The van der Waals surface area contributed by atoms with Gasteiger partial charge in [0.05, 0.1) is 6.54 Å². The molecule has 2 rings (SSSR count). The van der Waals surface area contributed by atoms with E-state index in [-0.39, 0.29) is 5.91 Å². The largest absolute Gasteiger partial charge is 0.360 e. The molecule has 0 saturated heterocycles. The molecule has 2 aromatic heterocycles. The molecule has 0 spiro atoms. The lowest BCUT2D eigenvalue weighted by atomic mass is 10.3. The van der Waals surface area contributed by atoms with Crippen LogP contribution in [0, 0.1) is 0 Å². The van der Waals surface area contributed by atoms with Gasteiger partial charge in [-0.2, -0.15) is 0 Å². The van der Waals surface area contributed by atoms with Crippen LogP contribution in [-0.2, 0) is 13.0 Å². The molecule has 0 radical (unpaired) electrons. The number of carbonyl (C=O) groups excluding carboxylic acids is 1. The number of amides is 1. The molecule has 0 unspecified atom stereocenters. The Morgan fingerprint density at radius 3 is 2.70 bits per heavy atom. The van der Waals surface area contributed by atoms with Gasteiger partial charge in [-0.15, -0.1) is 21.5 Å². The van der Waals surface area contributed by atoms with E-state index in [1.165, 1.54) is 16.2 Å². The predicted octanol–water partition coefficient (Wildman–Crippen LogP) is 2.91. The number of hydrogen-bond donors (Lipinski definition) is 2. The van der Waals surface area contributed by atoms with Crippen molar-refractivity contribution in [3.63, 3.8) is 0 Å². The van der Waals surface area contributed by atoms with E-state index in [9.17, 15) is 4.79 Å². The summed E-state index contributed by atoms with van der Waals surface area (Å²) in [7, 11) is 0. The Hall–Kier alpha value is -1.47. The second-order valence-corrected chi connectivity index (χ2v) is 6.47. The van der Waals surface area contributed by atoms with Crippen LogP contribution in [0.3, 0.4) is 0 Å². The molecule has 0 bridgehead atoms. The molecule has 2 aromatic rings. The minimum absolute atomic E-state index is 0.168. The van der Waals surface area contributed by atoms with Crippen molar-refractivity contribution in [1.29, 1.82) is 0 Å². The van der Waals surface area contributed by atoms with E-state index in [0.717, 1.165) is 24.3 Å². The number of aryl methyl sites for hydroxylation is 1. The van der Waals surface area contributed by atoms with Crippen molar-refractivity contribution >= 4 is 33.7 Å². The minimum Gasteiger partial charge on any atom is -0.360 e. The Bertz CT molecular complexity index is 564. The van der Waals surface area contributed by atoms with E-state index in [4.69, 9.17) is 0 Å². The maximum absolute atomic E-state index is 12.0. The van der Waals surface area contributed by atoms with Crippen LogP contribution < -0.4 is 10.6 Å². The lowest BCUT2D eigenvalue weighted by Crippen LogP contribution is -2.22. The van der Waals surface area contributed by atoms with Gasteiger partial charge in [-0.05, 0) is 25.0 Å². The lowest BCUT2D eigenvalue weighted by molar-refractivity contribution is 0.0950. The molecular formula is C13H18N4OS2. The maximum Gasteiger partial charge on any atom is 0.282 e. The Labute approximate surface area is 126 Å². The van der Waals surface area contributed by atoms with Crippen LogP contribution in [0.25, 0.3) is 0 Å². The van der Waals surface area contributed by atoms with Gasteiger partial charge in [0.25, 0.3) is 5.91 Å². The topological polar surface area (TPSA) is 66.9 Å². The van der Waals surface area contributed by atoms with Crippen LogP contribution in [0.15, 0.2) is 12.1 Å². The summed E-state index contributed by atoms with van der Waals surface area (Å²) in [5.74, 6) is -0.168. The van der Waals surface area contributed by atoms with Gasteiger partial charge in [0.1, 0.15) is 0 Å². The molecule has 5 nitrogen and oxygen atoms in total. The highest BCUT2D eigenvalue weighted by Crippen LogP contribution is 2.18. The molecule has 7 heteroatoms. The average molecular weight is 310 g/mol. The van der Waals surface area contributed by atoms with E-state index < -0.39 is 0 Å².